The van der Waals surface area contributed by atoms with Crippen LogP contribution in [-0.2, 0) is 16.0 Å². The Morgan fingerprint density at radius 1 is 1.38 bits per heavy atom. The molecule has 1 aromatic carbocycles. The number of nitrogens with zero attached hydrogens (tertiary/aromatic N) is 2. The molecule has 0 fully saturated rings. The maximum absolute atomic E-state index is 11.9. The topological polar surface area (TPSA) is 89.3 Å². The summed E-state index contributed by atoms with van der Waals surface area (Å²) in [6, 6.07) is 7.98. The average molecular weight is 401 g/mol. The van der Waals surface area contributed by atoms with Crippen molar-refractivity contribution in [2.45, 2.75) is 24.3 Å². The molecule has 0 aliphatic heterocycles. The molecular formula is C17H25ClN4O3S. The molecule has 2 rings (SSSR count). The van der Waals surface area contributed by atoms with Gasteiger partial charge in [-0.1, -0.05) is 17.3 Å². The van der Waals surface area contributed by atoms with Crippen LogP contribution in [0.15, 0.2) is 33.7 Å². The van der Waals surface area contributed by atoms with Gasteiger partial charge in [0, 0.05) is 31.0 Å². The first-order valence-electron chi connectivity index (χ1n) is 8.11. The lowest BCUT2D eigenvalue weighted by molar-refractivity contribution is -0.118. The summed E-state index contributed by atoms with van der Waals surface area (Å²) in [5, 5.41) is 9.99. The first-order chi connectivity index (χ1) is 12.1. The predicted octanol–water partition coefficient (Wildman–Crippen LogP) is 2.16. The molecule has 1 atom stereocenters. The lowest BCUT2D eigenvalue weighted by Gasteiger charge is -2.07. The number of nitrogens with one attached hydrogen (secondary N) is 2. The van der Waals surface area contributed by atoms with E-state index in [-0.39, 0.29) is 24.4 Å². The van der Waals surface area contributed by atoms with Gasteiger partial charge in [-0.15, -0.1) is 24.2 Å². The molecule has 0 aliphatic carbocycles. The molecule has 2 aromatic rings. The number of carbonyl (C=O) groups is 1. The van der Waals surface area contributed by atoms with Crippen LogP contribution in [0.3, 0.4) is 0 Å². The molecule has 144 valence electrons. The number of thioether (sulfide) groups is 1. The van der Waals surface area contributed by atoms with Crippen LogP contribution in [0.25, 0.3) is 11.5 Å². The lowest BCUT2D eigenvalue weighted by atomic mass is 10.2. The highest BCUT2D eigenvalue weighted by Crippen LogP contribution is 2.30. The van der Waals surface area contributed by atoms with Crippen LogP contribution >= 0.6 is 24.2 Å². The van der Waals surface area contributed by atoms with Crippen LogP contribution in [0, 0.1) is 0 Å². The van der Waals surface area contributed by atoms with Crippen molar-refractivity contribution in [1.82, 2.24) is 20.8 Å². The highest BCUT2D eigenvalue weighted by molar-refractivity contribution is 8.00. The smallest absolute Gasteiger partial charge is 0.259 e. The van der Waals surface area contributed by atoms with Gasteiger partial charge in [-0.25, -0.2) is 0 Å². The second kappa shape index (κ2) is 11.9. The van der Waals surface area contributed by atoms with Gasteiger partial charge in [0.25, 0.3) is 5.89 Å². The monoisotopic (exact) mass is 400 g/mol. The lowest BCUT2D eigenvalue weighted by Crippen LogP contribution is -2.28. The van der Waals surface area contributed by atoms with E-state index in [0.29, 0.717) is 37.0 Å². The van der Waals surface area contributed by atoms with Crippen LogP contribution in [0.4, 0.5) is 0 Å². The molecule has 0 aliphatic rings. The first kappa shape index (κ1) is 22.4. The average Bonchev–Trinajstić information content (AvgIpc) is 3.08. The Morgan fingerprint density at radius 3 is 2.88 bits per heavy atom. The highest BCUT2D eigenvalue weighted by atomic mass is 35.5. The van der Waals surface area contributed by atoms with Crippen molar-refractivity contribution in [2.24, 2.45) is 0 Å². The van der Waals surface area contributed by atoms with Gasteiger partial charge in [0.2, 0.25) is 5.91 Å². The Balaban J connectivity index is 0.00000338. The van der Waals surface area contributed by atoms with Gasteiger partial charge in [0.05, 0.1) is 17.9 Å². The third kappa shape index (κ3) is 6.95. The van der Waals surface area contributed by atoms with E-state index >= 15 is 0 Å². The largest absolute Gasteiger partial charge is 0.383 e. The summed E-state index contributed by atoms with van der Waals surface area (Å²) in [6.07, 6.45) is 0.692. The molecule has 0 radical (unpaired) electrons. The zero-order valence-corrected chi connectivity index (χ0v) is 16.8. The summed E-state index contributed by atoms with van der Waals surface area (Å²) in [5.41, 5.74) is 0.841. The maximum atomic E-state index is 11.9. The van der Waals surface area contributed by atoms with Crippen molar-refractivity contribution in [3.63, 3.8) is 0 Å². The van der Waals surface area contributed by atoms with Gasteiger partial charge in [0.15, 0.2) is 5.82 Å². The van der Waals surface area contributed by atoms with E-state index in [2.05, 4.69) is 27.7 Å². The molecule has 0 bridgehead atoms. The third-order valence-electron chi connectivity index (χ3n) is 3.55. The molecule has 1 heterocycles. The number of aromatic nitrogens is 2. The van der Waals surface area contributed by atoms with E-state index in [1.54, 1.807) is 7.11 Å². The predicted molar refractivity (Wildman–Crippen MR) is 105 cm³/mol. The molecule has 1 unspecified atom stereocenters. The van der Waals surface area contributed by atoms with Crippen LogP contribution in [0.2, 0.25) is 0 Å². The minimum absolute atomic E-state index is 0. The zero-order chi connectivity index (χ0) is 18.1. The molecule has 0 saturated carbocycles. The molecule has 7 nitrogen and oxygen atoms in total. The standard InChI is InChI=1S/C17H24N4O3S.ClH/c1-12(18-2)10-15-20-17(24-21-15)13-6-4-5-7-14(13)25-11-16(22)19-8-9-23-3;/h4-7,12,18H,8-11H2,1-3H3,(H,19,22);1H. The molecule has 9 heteroatoms. The van der Waals surface area contributed by atoms with Gasteiger partial charge >= 0.3 is 0 Å². The Kier molecular flexibility index (Phi) is 10.3. The van der Waals surface area contributed by atoms with Crippen molar-refractivity contribution in [3.05, 3.63) is 30.1 Å². The molecule has 2 N–H and O–H groups in total. The van der Waals surface area contributed by atoms with Gasteiger partial charge in [-0.05, 0) is 26.1 Å². The van der Waals surface area contributed by atoms with E-state index in [1.165, 1.54) is 11.8 Å². The van der Waals surface area contributed by atoms with E-state index in [4.69, 9.17) is 9.26 Å². The van der Waals surface area contributed by atoms with E-state index in [1.807, 2.05) is 31.3 Å². The molecule has 0 saturated heterocycles. The van der Waals surface area contributed by atoms with Gasteiger partial charge in [0.1, 0.15) is 0 Å². The number of rotatable bonds is 10. The minimum atomic E-state index is -0.0362. The van der Waals surface area contributed by atoms with Crippen LogP contribution in [0.1, 0.15) is 12.7 Å². The van der Waals surface area contributed by atoms with E-state index < -0.39 is 0 Å². The molecule has 1 amide bonds. The van der Waals surface area contributed by atoms with Crippen LogP contribution in [-0.4, -0.2) is 55.2 Å². The Bertz CT molecular complexity index is 684. The highest BCUT2D eigenvalue weighted by Gasteiger charge is 2.15. The number of hydrogen-bond donors (Lipinski definition) is 2. The number of carbonyl (C=O) groups excluding carboxylic acids is 1. The molecular weight excluding hydrogens is 376 g/mol. The second-order valence-corrected chi connectivity index (χ2v) is 6.55. The van der Waals surface area contributed by atoms with Crippen LogP contribution in [0.5, 0.6) is 0 Å². The third-order valence-corrected chi connectivity index (χ3v) is 4.63. The zero-order valence-electron chi connectivity index (χ0n) is 15.2. The van der Waals surface area contributed by atoms with Crippen LogP contribution < -0.4 is 10.6 Å². The van der Waals surface area contributed by atoms with Crippen molar-refractivity contribution in [3.8, 4) is 11.5 Å². The first-order valence-corrected chi connectivity index (χ1v) is 9.10. The van der Waals surface area contributed by atoms with Crippen molar-refractivity contribution >= 4 is 30.1 Å². The summed E-state index contributed by atoms with van der Waals surface area (Å²) in [7, 11) is 3.50. The Morgan fingerprint density at radius 2 is 2.15 bits per heavy atom. The number of hydrogen-bond acceptors (Lipinski definition) is 7. The van der Waals surface area contributed by atoms with Crippen molar-refractivity contribution in [2.75, 3.05) is 33.1 Å². The normalized spacial score (nSPS) is 11.7. The molecule has 1 aromatic heterocycles. The fourth-order valence-electron chi connectivity index (χ4n) is 2.08. The number of ether oxygens (including phenoxy) is 1. The fraction of sp³-hybridized carbons (Fsp3) is 0.471. The van der Waals surface area contributed by atoms with Gasteiger partial charge < -0.3 is 19.9 Å². The summed E-state index contributed by atoms with van der Waals surface area (Å²) < 4.78 is 10.3. The summed E-state index contributed by atoms with van der Waals surface area (Å²) in [5.74, 6) is 1.42. The number of methoxy groups -OCH3 is 1. The second-order valence-electron chi connectivity index (χ2n) is 5.54. The van der Waals surface area contributed by atoms with E-state index in [9.17, 15) is 4.79 Å². The van der Waals surface area contributed by atoms with Gasteiger partial charge in [-0.3, -0.25) is 4.79 Å². The van der Waals surface area contributed by atoms with Crippen molar-refractivity contribution < 1.29 is 14.1 Å². The van der Waals surface area contributed by atoms with E-state index in [0.717, 1.165) is 10.5 Å². The SMILES string of the molecule is CNC(C)Cc1noc(-c2ccccc2SCC(=O)NCCOC)n1.Cl. The fourth-order valence-corrected chi connectivity index (χ4v) is 2.95. The number of likely N-dealkylation sites (N-methyl/N-ethyl adjacent to an activating group) is 1. The summed E-state index contributed by atoms with van der Waals surface area (Å²) >= 11 is 1.44. The quantitative estimate of drug-likeness (QED) is 0.466. The number of halogens is 1. The number of amides is 1. The Labute approximate surface area is 164 Å². The molecule has 0 spiro atoms. The Hall–Kier alpha value is -1.61. The minimum Gasteiger partial charge on any atom is -0.383 e. The van der Waals surface area contributed by atoms with Crippen molar-refractivity contribution in [1.29, 1.82) is 0 Å². The molecule has 26 heavy (non-hydrogen) atoms. The van der Waals surface area contributed by atoms with Gasteiger partial charge in [-0.2, -0.15) is 4.98 Å². The number of benzene rings is 1. The summed E-state index contributed by atoms with van der Waals surface area (Å²) in [4.78, 5) is 17.3. The maximum Gasteiger partial charge on any atom is 0.259 e. The summed E-state index contributed by atoms with van der Waals surface area (Å²) in [6.45, 7) is 3.07.